The number of halogens is 3. The molecular formula is C11H9F3N2O5. The smallest absolute Gasteiger partial charge is 0.422 e. The molecule has 0 saturated carbocycles. The van der Waals surface area contributed by atoms with Crippen molar-refractivity contribution in [3.8, 4) is 0 Å². The molecule has 1 aromatic carbocycles. The molecule has 0 fully saturated rings. The van der Waals surface area contributed by atoms with Gasteiger partial charge in [0.2, 0.25) is 5.54 Å². The number of nitrogens with one attached hydrogen (secondary N) is 1. The highest BCUT2D eigenvalue weighted by Crippen LogP contribution is 2.31. The first-order valence-corrected chi connectivity index (χ1v) is 5.36. The van der Waals surface area contributed by atoms with E-state index < -0.39 is 39.8 Å². The largest absolute Gasteiger partial charge is 0.479 e. The van der Waals surface area contributed by atoms with Gasteiger partial charge in [-0.1, -0.05) is 12.1 Å². The van der Waals surface area contributed by atoms with Crippen LogP contribution in [0, 0.1) is 10.1 Å². The highest BCUT2D eigenvalue weighted by atomic mass is 19.4. The van der Waals surface area contributed by atoms with Crippen molar-refractivity contribution in [1.29, 1.82) is 0 Å². The van der Waals surface area contributed by atoms with E-state index in [-0.39, 0.29) is 6.92 Å². The van der Waals surface area contributed by atoms with Gasteiger partial charge in [0, 0.05) is 6.07 Å². The average molecular weight is 306 g/mol. The Kier molecular flexibility index (Phi) is 4.21. The van der Waals surface area contributed by atoms with Crippen LogP contribution in [0.15, 0.2) is 24.3 Å². The number of nitro groups is 1. The van der Waals surface area contributed by atoms with Crippen LogP contribution >= 0.6 is 0 Å². The zero-order valence-corrected chi connectivity index (χ0v) is 10.5. The minimum absolute atomic E-state index is 0.252. The number of amides is 1. The molecule has 1 unspecified atom stereocenters. The van der Waals surface area contributed by atoms with Gasteiger partial charge < -0.3 is 10.4 Å². The van der Waals surface area contributed by atoms with Gasteiger partial charge in [0.15, 0.2) is 0 Å². The predicted octanol–water partition coefficient (Wildman–Crippen LogP) is 1.73. The molecule has 1 atom stereocenters. The van der Waals surface area contributed by atoms with Gasteiger partial charge in [0.05, 0.1) is 4.92 Å². The van der Waals surface area contributed by atoms with Crippen LogP contribution in [0.4, 0.5) is 18.9 Å². The molecule has 0 aliphatic heterocycles. The summed E-state index contributed by atoms with van der Waals surface area (Å²) < 4.78 is 38.3. The zero-order chi connectivity index (χ0) is 16.4. The molecule has 1 amide bonds. The number of carboxylic acids is 1. The van der Waals surface area contributed by atoms with Gasteiger partial charge in [-0.2, -0.15) is 13.2 Å². The minimum atomic E-state index is -5.28. The number of alkyl halides is 3. The highest BCUT2D eigenvalue weighted by Gasteiger charge is 2.58. The van der Waals surface area contributed by atoms with Gasteiger partial charge >= 0.3 is 12.1 Å². The van der Waals surface area contributed by atoms with Crippen LogP contribution in [-0.4, -0.2) is 33.6 Å². The van der Waals surface area contributed by atoms with Crippen LogP contribution in [0.3, 0.4) is 0 Å². The first-order valence-electron chi connectivity index (χ1n) is 5.36. The second-order valence-electron chi connectivity index (χ2n) is 4.16. The zero-order valence-electron chi connectivity index (χ0n) is 10.5. The standard InChI is InChI=1S/C11H9F3N2O5/c1-10(9(18)19,11(12,13)14)15-8(17)6-4-2-3-5-7(6)16(20)21/h2-5H,1H3,(H,15,17)(H,18,19). The summed E-state index contributed by atoms with van der Waals surface area (Å²) in [7, 11) is 0. The molecule has 0 aliphatic carbocycles. The number of nitrogens with zero attached hydrogens (tertiary/aromatic N) is 1. The first-order chi connectivity index (χ1) is 9.50. The lowest BCUT2D eigenvalue weighted by atomic mass is 10.0. The fourth-order valence-electron chi connectivity index (χ4n) is 1.36. The van der Waals surface area contributed by atoms with Crippen molar-refractivity contribution < 1.29 is 32.8 Å². The Hall–Kier alpha value is -2.65. The number of carbonyl (C=O) groups is 2. The van der Waals surface area contributed by atoms with E-state index in [0.717, 1.165) is 12.1 Å². The summed E-state index contributed by atoms with van der Waals surface area (Å²) in [6.45, 7) is 0.252. The third-order valence-electron chi connectivity index (χ3n) is 2.70. The monoisotopic (exact) mass is 306 g/mol. The Labute approximate surface area is 115 Å². The van der Waals surface area contributed by atoms with E-state index in [9.17, 15) is 32.9 Å². The van der Waals surface area contributed by atoms with Gasteiger partial charge in [0.1, 0.15) is 5.56 Å². The third-order valence-corrected chi connectivity index (χ3v) is 2.70. The quantitative estimate of drug-likeness (QED) is 0.650. The third kappa shape index (κ3) is 3.09. The molecule has 1 aromatic rings. The number of carboxylic acid groups (broad SMARTS) is 1. The number of benzene rings is 1. The van der Waals surface area contributed by atoms with Crippen molar-refractivity contribution in [1.82, 2.24) is 5.32 Å². The van der Waals surface area contributed by atoms with Crippen LogP contribution in [0.1, 0.15) is 17.3 Å². The van der Waals surface area contributed by atoms with Crippen molar-refractivity contribution in [2.24, 2.45) is 0 Å². The molecule has 0 aromatic heterocycles. The van der Waals surface area contributed by atoms with E-state index in [1.54, 1.807) is 0 Å². The minimum Gasteiger partial charge on any atom is -0.479 e. The van der Waals surface area contributed by atoms with E-state index in [4.69, 9.17) is 5.11 Å². The Balaban J connectivity index is 3.22. The molecule has 0 spiro atoms. The number of hydrogen-bond donors (Lipinski definition) is 2. The second-order valence-corrected chi connectivity index (χ2v) is 4.16. The fourth-order valence-corrected chi connectivity index (χ4v) is 1.36. The number of rotatable bonds is 4. The molecule has 0 saturated heterocycles. The van der Waals surface area contributed by atoms with E-state index in [2.05, 4.69) is 0 Å². The molecule has 0 aliphatic rings. The first kappa shape index (κ1) is 16.4. The SMILES string of the molecule is CC(NC(=O)c1ccccc1[N+](=O)[O-])(C(=O)O)C(F)(F)F. The van der Waals surface area contributed by atoms with E-state index >= 15 is 0 Å². The molecule has 0 heterocycles. The van der Waals surface area contributed by atoms with Crippen molar-refractivity contribution in [2.75, 3.05) is 0 Å². The normalized spacial score (nSPS) is 14.1. The van der Waals surface area contributed by atoms with Gasteiger partial charge in [0.25, 0.3) is 11.6 Å². The number of hydrogen-bond acceptors (Lipinski definition) is 4. The van der Waals surface area contributed by atoms with Gasteiger partial charge in [-0.25, -0.2) is 4.79 Å². The average Bonchev–Trinajstić information content (AvgIpc) is 2.36. The Morgan fingerprint density at radius 1 is 1.29 bits per heavy atom. The van der Waals surface area contributed by atoms with E-state index in [0.29, 0.717) is 0 Å². The molecule has 2 N–H and O–H groups in total. The topological polar surface area (TPSA) is 110 Å². The summed E-state index contributed by atoms with van der Waals surface area (Å²) in [6, 6.07) is 4.26. The maximum atomic E-state index is 12.8. The molecule has 0 bridgehead atoms. The Morgan fingerprint density at radius 2 is 1.81 bits per heavy atom. The summed E-state index contributed by atoms with van der Waals surface area (Å²) in [6.07, 6.45) is -5.28. The van der Waals surface area contributed by atoms with Gasteiger partial charge in [-0.05, 0) is 13.0 Å². The predicted molar refractivity (Wildman–Crippen MR) is 62.7 cm³/mol. The molecule has 0 radical (unpaired) electrons. The lowest BCUT2D eigenvalue weighted by molar-refractivity contribution is -0.385. The van der Waals surface area contributed by atoms with Crippen molar-refractivity contribution in [2.45, 2.75) is 18.6 Å². The maximum absolute atomic E-state index is 12.8. The number of nitro benzene ring substituents is 1. The van der Waals surface area contributed by atoms with Crippen LogP contribution in [0.2, 0.25) is 0 Å². The van der Waals surface area contributed by atoms with Crippen LogP contribution < -0.4 is 5.32 Å². The summed E-state index contributed by atoms with van der Waals surface area (Å²) in [5.74, 6) is -3.84. The fraction of sp³-hybridized carbons (Fsp3) is 0.273. The van der Waals surface area contributed by atoms with E-state index in [1.165, 1.54) is 17.4 Å². The van der Waals surface area contributed by atoms with Crippen LogP contribution in [0.25, 0.3) is 0 Å². The Morgan fingerprint density at radius 3 is 2.24 bits per heavy atom. The molecular weight excluding hydrogens is 297 g/mol. The van der Waals surface area contributed by atoms with Gasteiger partial charge in [-0.3, -0.25) is 14.9 Å². The maximum Gasteiger partial charge on any atom is 0.422 e. The second kappa shape index (κ2) is 5.38. The summed E-state index contributed by atoms with van der Waals surface area (Å²) in [5.41, 5.74) is -4.96. The molecule has 7 nitrogen and oxygen atoms in total. The Bertz CT molecular complexity index is 602. The number of aliphatic carboxylic acids is 1. The molecule has 114 valence electrons. The summed E-state index contributed by atoms with van der Waals surface area (Å²) >= 11 is 0. The van der Waals surface area contributed by atoms with E-state index in [1.807, 2.05) is 0 Å². The van der Waals surface area contributed by atoms with Gasteiger partial charge in [-0.15, -0.1) is 0 Å². The number of para-hydroxylation sites is 1. The lowest BCUT2D eigenvalue weighted by Gasteiger charge is -2.28. The summed E-state index contributed by atoms with van der Waals surface area (Å²) in [4.78, 5) is 32.3. The summed E-state index contributed by atoms with van der Waals surface area (Å²) in [5, 5.41) is 20.7. The van der Waals surface area contributed by atoms with Crippen molar-refractivity contribution >= 4 is 17.6 Å². The van der Waals surface area contributed by atoms with Crippen LogP contribution in [0.5, 0.6) is 0 Å². The van der Waals surface area contributed by atoms with Crippen molar-refractivity contribution in [3.05, 3.63) is 39.9 Å². The number of carbonyl (C=O) groups excluding carboxylic acids is 1. The van der Waals surface area contributed by atoms with Crippen LogP contribution in [-0.2, 0) is 4.79 Å². The lowest BCUT2D eigenvalue weighted by Crippen LogP contribution is -2.61. The van der Waals surface area contributed by atoms with Crippen molar-refractivity contribution in [3.63, 3.8) is 0 Å². The molecule has 10 heteroatoms. The highest BCUT2D eigenvalue weighted by molar-refractivity contribution is 6.01. The molecule has 21 heavy (non-hydrogen) atoms. The molecule has 1 rings (SSSR count).